The minimum absolute atomic E-state index is 0.209. The van der Waals surface area contributed by atoms with Gasteiger partial charge >= 0.3 is 0 Å². The fourth-order valence-electron chi connectivity index (χ4n) is 2.39. The zero-order valence-electron chi connectivity index (χ0n) is 10.7. The first-order valence-electron chi connectivity index (χ1n) is 6.76. The van der Waals surface area contributed by atoms with E-state index in [1.54, 1.807) is 0 Å². The third kappa shape index (κ3) is 4.97. The highest BCUT2D eigenvalue weighted by Gasteiger charge is 2.20. The quantitative estimate of drug-likeness (QED) is 0.681. The topological polar surface area (TPSA) is 41.1 Å². The lowest BCUT2D eigenvalue weighted by atomic mass is 9.84. The summed E-state index contributed by atoms with van der Waals surface area (Å²) in [7, 11) is 0. The van der Waals surface area contributed by atoms with Gasteiger partial charge in [-0.15, -0.1) is 0 Å². The smallest absolute Gasteiger partial charge is 0.221 e. The number of rotatable bonds is 6. The van der Waals surface area contributed by atoms with E-state index in [9.17, 15) is 4.79 Å². The largest absolute Gasteiger partial charge is 0.353 e. The van der Waals surface area contributed by atoms with Crippen LogP contribution in [0.2, 0.25) is 0 Å². The number of hydrogen-bond acceptors (Lipinski definition) is 2. The molecule has 3 nitrogen and oxygen atoms in total. The van der Waals surface area contributed by atoms with Gasteiger partial charge in [0.2, 0.25) is 5.91 Å². The van der Waals surface area contributed by atoms with Crippen molar-refractivity contribution in [2.75, 3.05) is 13.1 Å². The Balaban J connectivity index is 2.10. The fourth-order valence-corrected chi connectivity index (χ4v) is 2.39. The molecule has 0 atom stereocenters. The molecule has 0 aromatic rings. The molecule has 0 aromatic carbocycles. The summed E-state index contributed by atoms with van der Waals surface area (Å²) in [5, 5.41) is 6.32. The minimum atomic E-state index is 0.209. The maximum atomic E-state index is 11.6. The van der Waals surface area contributed by atoms with E-state index in [1.165, 1.54) is 32.1 Å². The van der Waals surface area contributed by atoms with E-state index in [-0.39, 0.29) is 5.91 Å². The molecule has 0 radical (unpaired) electrons. The molecule has 0 unspecified atom stereocenters. The van der Waals surface area contributed by atoms with E-state index in [0.717, 1.165) is 19.0 Å². The lowest BCUT2D eigenvalue weighted by Crippen LogP contribution is -2.38. The van der Waals surface area contributed by atoms with Crippen molar-refractivity contribution < 1.29 is 4.79 Å². The SMILES string of the molecule is CCNCCC(=O)NC1CCC(CC)CC1. The molecule has 1 rings (SSSR count). The van der Waals surface area contributed by atoms with Crippen molar-refractivity contribution in [2.45, 2.75) is 58.4 Å². The predicted octanol–water partition coefficient (Wildman–Crippen LogP) is 2.07. The minimum Gasteiger partial charge on any atom is -0.353 e. The molecule has 16 heavy (non-hydrogen) atoms. The molecular formula is C13H26N2O. The first-order valence-corrected chi connectivity index (χ1v) is 6.76. The fraction of sp³-hybridized carbons (Fsp3) is 0.923. The zero-order chi connectivity index (χ0) is 11.8. The monoisotopic (exact) mass is 226 g/mol. The molecule has 2 N–H and O–H groups in total. The van der Waals surface area contributed by atoms with Crippen molar-refractivity contribution in [3.63, 3.8) is 0 Å². The van der Waals surface area contributed by atoms with Gasteiger partial charge < -0.3 is 10.6 Å². The lowest BCUT2D eigenvalue weighted by molar-refractivity contribution is -0.122. The highest BCUT2D eigenvalue weighted by Crippen LogP contribution is 2.26. The van der Waals surface area contributed by atoms with Crippen LogP contribution >= 0.6 is 0 Å². The highest BCUT2D eigenvalue weighted by atomic mass is 16.1. The predicted molar refractivity (Wildman–Crippen MR) is 67.3 cm³/mol. The van der Waals surface area contributed by atoms with Gasteiger partial charge in [-0.3, -0.25) is 4.79 Å². The number of carbonyl (C=O) groups excluding carboxylic acids is 1. The van der Waals surface area contributed by atoms with Gasteiger partial charge in [0.05, 0.1) is 0 Å². The summed E-state index contributed by atoms with van der Waals surface area (Å²) in [5.41, 5.74) is 0. The maximum absolute atomic E-state index is 11.6. The second-order valence-corrected chi connectivity index (χ2v) is 4.80. The van der Waals surface area contributed by atoms with Gasteiger partial charge in [-0.1, -0.05) is 20.3 Å². The van der Waals surface area contributed by atoms with Crippen LogP contribution in [0.15, 0.2) is 0 Å². The van der Waals surface area contributed by atoms with Crippen molar-refractivity contribution in [1.29, 1.82) is 0 Å². The molecule has 0 saturated heterocycles. The number of amides is 1. The van der Waals surface area contributed by atoms with Crippen LogP contribution in [0.25, 0.3) is 0 Å². The molecule has 94 valence electrons. The van der Waals surface area contributed by atoms with Crippen LogP contribution in [-0.4, -0.2) is 25.0 Å². The summed E-state index contributed by atoms with van der Waals surface area (Å²) in [5.74, 6) is 1.11. The molecular weight excluding hydrogens is 200 g/mol. The average molecular weight is 226 g/mol. The van der Waals surface area contributed by atoms with Gasteiger partial charge in [0.15, 0.2) is 0 Å². The number of nitrogens with one attached hydrogen (secondary N) is 2. The standard InChI is InChI=1S/C13H26N2O/c1-3-11-5-7-12(8-6-11)15-13(16)9-10-14-4-2/h11-12,14H,3-10H2,1-2H3,(H,15,16). The molecule has 1 aliphatic carbocycles. The Morgan fingerprint density at radius 3 is 2.44 bits per heavy atom. The van der Waals surface area contributed by atoms with E-state index in [0.29, 0.717) is 12.5 Å². The molecule has 3 heteroatoms. The Kier molecular flexibility index (Phi) is 6.46. The van der Waals surface area contributed by atoms with Gasteiger partial charge in [-0.05, 0) is 38.1 Å². The van der Waals surface area contributed by atoms with Gasteiger partial charge in [-0.25, -0.2) is 0 Å². The molecule has 0 spiro atoms. The summed E-state index contributed by atoms with van der Waals surface area (Å²) in [6.45, 7) is 6.06. The summed E-state index contributed by atoms with van der Waals surface area (Å²) in [4.78, 5) is 11.6. The molecule has 1 aliphatic rings. The van der Waals surface area contributed by atoms with E-state index in [2.05, 4.69) is 24.5 Å². The lowest BCUT2D eigenvalue weighted by Gasteiger charge is -2.28. The Morgan fingerprint density at radius 2 is 1.88 bits per heavy atom. The second-order valence-electron chi connectivity index (χ2n) is 4.80. The molecule has 0 bridgehead atoms. The first kappa shape index (κ1) is 13.5. The molecule has 1 saturated carbocycles. The van der Waals surface area contributed by atoms with Crippen LogP contribution in [0.5, 0.6) is 0 Å². The van der Waals surface area contributed by atoms with Gasteiger partial charge in [0.1, 0.15) is 0 Å². The van der Waals surface area contributed by atoms with Crippen LogP contribution in [0.1, 0.15) is 52.4 Å². The average Bonchev–Trinajstić information content (AvgIpc) is 2.30. The summed E-state index contributed by atoms with van der Waals surface area (Å²) in [6.07, 6.45) is 6.82. The van der Waals surface area contributed by atoms with Crippen molar-refractivity contribution >= 4 is 5.91 Å². The number of carbonyl (C=O) groups is 1. The van der Waals surface area contributed by atoms with Crippen molar-refractivity contribution in [3.05, 3.63) is 0 Å². The normalized spacial score (nSPS) is 25.4. The van der Waals surface area contributed by atoms with Crippen molar-refractivity contribution in [3.8, 4) is 0 Å². The Bertz CT molecular complexity index is 198. The van der Waals surface area contributed by atoms with Crippen LogP contribution in [0.3, 0.4) is 0 Å². The molecule has 0 aliphatic heterocycles. The third-order valence-corrected chi connectivity index (χ3v) is 3.57. The van der Waals surface area contributed by atoms with Gasteiger partial charge in [-0.2, -0.15) is 0 Å². The molecule has 0 heterocycles. The Hall–Kier alpha value is -0.570. The summed E-state index contributed by atoms with van der Waals surface area (Å²) >= 11 is 0. The zero-order valence-corrected chi connectivity index (χ0v) is 10.7. The summed E-state index contributed by atoms with van der Waals surface area (Å²) in [6, 6.07) is 0.442. The molecule has 1 fully saturated rings. The van der Waals surface area contributed by atoms with E-state index in [1.807, 2.05) is 0 Å². The van der Waals surface area contributed by atoms with E-state index in [4.69, 9.17) is 0 Å². The van der Waals surface area contributed by atoms with E-state index < -0.39 is 0 Å². The highest BCUT2D eigenvalue weighted by molar-refractivity contribution is 5.76. The second kappa shape index (κ2) is 7.66. The Labute approximate surface area is 99.4 Å². The van der Waals surface area contributed by atoms with Crippen molar-refractivity contribution in [1.82, 2.24) is 10.6 Å². The summed E-state index contributed by atoms with van der Waals surface area (Å²) < 4.78 is 0. The van der Waals surface area contributed by atoms with Crippen LogP contribution in [0, 0.1) is 5.92 Å². The Morgan fingerprint density at radius 1 is 1.19 bits per heavy atom. The molecule has 1 amide bonds. The maximum Gasteiger partial charge on any atom is 0.221 e. The third-order valence-electron chi connectivity index (χ3n) is 3.57. The van der Waals surface area contributed by atoms with Crippen LogP contribution in [0.4, 0.5) is 0 Å². The van der Waals surface area contributed by atoms with Crippen LogP contribution in [-0.2, 0) is 4.79 Å². The van der Waals surface area contributed by atoms with Gasteiger partial charge in [0, 0.05) is 19.0 Å². The molecule has 0 aromatic heterocycles. The first-order chi connectivity index (χ1) is 7.76. The van der Waals surface area contributed by atoms with Crippen molar-refractivity contribution in [2.24, 2.45) is 5.92 Å². The van der Waals surface area contributed by atoms with Gasteiger partial charge in [0.25, 0.3) is 0 Å². The van der Waals surface area contributed by atoms with Crippen LogP contribution < -0.4 is 10.6 Å². The van der Waals surface area contributed by atoms with E-state index >= 15 is 0 Å². The number of hydrogen-bond donors (Lipinski definition) is 2.